The minimum atomic E-state index is -3.41. The number of hydrogen-bond donors (Lipinski definition) is 0. The Hall–Kier alpha value is -0.400. The zero-order valence-electron chi connectivity index (χ0n) is 10.1. The van der Waals surface area contributed by atoms with E-state index in [0.29, 0.717) is 6.61 Å². The van der Waals surface area contributed by atoms with Crippen LogP contribution in [0.4, 0.5) is 0 Å². The van der Waals surface area contributed by atoms with Crippen molar-refractivity contribution in [2.75, 3.05) is 18.1 Å². The van der Waals surface area contributed by atoms with Crippen LogP contribution in [0.3, 0.4) is 0 Å². The van der Waals surface area contributed by atoms with Gasteiger partial charge in [0.15, 0.2) is 9.84 Å². The molecule has 102 valence electrons. The molecule has 0 atom stereocenters. The number of rotatable bonds is 7. The molecule has 1 aliphatic heterocycles. The molecule has 1 rings (SSSR count). The lowest BCUT2D eigenvalue weighted by atomic mass is 10.4. The van der Waals surface area contributed by atoms with Gasteiger partial charge in [-0.05, 0) is 23.3 Å². The second kappa shape index (κ2) is 7.91. The first-order valence-corrected chi connectivity index (χ1v) is 9.16. The van der Waals surface area contributed by atoms with Crippen LogP contribution >= 0.6 is 23.5 Å². The number of carbonyl (C=O) groups is 1. The standard InChI is InChI=1S/C11H16O4S3/c1-2-3-5-15-10(12)9-18(13,14)8-4-11-16-6-7-17-11/h4,6-7H,2-3,5,8-9H2,1H3. The van der Waals surface area contributed by atoms with E-state index in [9.17, 15) is 13.2 Å². The normalized spacial score (nSPS) is 14.8. The zero-order valence-corrected chi connectivity index (χ0v) is 12.6. The fourth-order valence-corrected chi connectivity index (χ4v) is 3.94. The molecule has 0 aliphatic carbocycles. The Morgan fingerprint density at radius 1 is 1.39 bits per heavy atom. The van der Waals surface area contributed by atoms with Crippen LogP contribution in [0.2, 0.25) is 0 Å². The van der Waals surface area contributed by atoms with E-state index < -0.39 is 21.6 Å². The third-order valence-corrected chi connectivity index (χ3v) is 5.47. The Morgan fingerprint density at radius 2 is 2.06 bits per heavy atom. The second-order valence-corrected chi connectivity index (χ2v) is 7.92. The number of ether oxygens (including phenoxy) is 1. The highest BCUT2D eigenvalue weighted by molar-refractivity contribution is 8.27. The van der Waals surface area contributed by atoms with Gasteiger partial charge in [0.05, 0.1) is 12.4 Å². The summed E-state index contributed by atoms with van der Waals surface area (Å²) in [4.78, 5) is 11.3. The van der Waals surface area contributed by atoms with Crippen LogP contribution in [0, 0.1) is 0 Å². The van der Waals surface area contributed by atoms with Crippen molar-refractivity contribution in [3.05, 3.63) is 21.1 Å². The third kappa shape index (κ3) is 6.51. The van der Waals surface area contributed by atoms with Crippen LogP contribution in [0.15, 0.2) is 21.1 Å². The van der Waals surface area contributed by atoms with Crippen molar-refractivity contribution in [1.29, 1.82) is 0 Å². The van der Waals surface area contributed by atoms with Gasteiger partial charge in [-0.25, -0.2) is 8.42 Å². The summed E-state index contributed by atoms with van der Waals surface area (Å²) in [5.74, 6) is -1.32. The van der Waals surface area contributed by atoms with Crippen molar-refractivity contribution in [1.82, 2.24) is 0 Å². The highest BCUT2D eigenvalue weighted by atomic mass is 32.2. The topological polar surface area (TPSA) is 60.4 Å². The average Bonchev–Trinajstić information content (AvgIpc) is 2.79. The monoisotopic (exact) mass is 308 g/mol. The van der Waals surface area contributed by atoms with Crippen LogP contribution < -0.4 is 0 Å². The van der Waals surface area contributed by atoms with Crippen molar-refractivity contribution >= 4 is 39.3 Å². The molecule has 0 aromatic heterocycles. The third-order valence-electron chi connectivity index (χ3n) is 2.03. The number of thioether (sulfide) groups is 2. The zero-order chi connectivity index (χ0) is 13.4. The van der Waals surface area contributed by atoms with Gasteiger partial charge in [0.25, 0.3) is 0 Å². The predicted octanol–water partition coefficient (Wildman–Crippen LogP) is 2.54. The fourth-order valence-electron chi connectivity index (χ4n) is 1.12. The van der Waals surface area contributed by atoms with Gasteiger partial charge in [0, 0.05) is 4.24 Å². The first-order valence-electron chi connectivity index (χ1n) is 5.58. The van der Waals surface area contributed by atoms with Gasteiger partial charge in [0.2, 0.25) is 0 Å². The van der Waals surface area contributed by atoms with E-state index in [1.165, 1.54) is 23.5 Å². The molecule has 7 heteroatoms. The van der Waals surface area contributed by atoms with Crippen molar-refractivity contribution < 1.29 is 17.9 Å². The van der Waals surface area contributed by atoms with Crippen molar-refractivity contribution in [3.63, 3.8) is 0 Å². The van der Waals surface area contributed by atoms with Crippen LogP contribution in [-0.2, 0) is 19.4 Å². The lowest BCUT2D eigenvalue weighted by molar-refractivity contribution is -0.140. The maximum atomic E-state index is 11.6. The van der Waals surface area contributed by atoms with Gasteiger partial charge in [-0.2, -0.15) is 0 Å². The van der Waals surface area contributed by atoms with E-state index >= 15 is 0 Å². The predicted molar refractivity (Wildman–Crippen MR) is 76.9 cm³/mol. The average molecular weight is 308 g/mol. The highest BCUT2D eigenvalue weighted by Gasteiger charge is 2.17. The van der Waals surface area contributed by atoms with Gasteiger partial charge in [-0.1, -0.05) is 36.9 Å². The Balaban J connectivity index is 2.34. The number of sulfone groups is 1. The quantitative estimate of drug-likeness (QED) is 0.532. The molecule has 0 spiro atoms. The summed E-state index contributed by atoms with van der Waals surface area (Å²) in [7, 11) is -3.41. The summed E-state index contributed by atoms with van der Waals surface area (Å²) < 4.78 is 29.0. The Bertz CT molecular complexity index is 427. The van der Waals surface area contributed by atoms with Gasteiger partial charge in [-0.15, -0.1) is 0 Å². The van der Waals surface area contributed by atoms with E-state index in [1.54, 1.807) is 6.08 Å². The second-order valence-electron chi connectivity index (χ2n) is 3.66. The molecule has 0 unspecified atom stereocenters. The van der Waals surface area contributed by atoms with E-state index in [0.717, 1.165) is 17.1 Å². The first-order chi connectivity index (χ1) is 8.53. The Labute approximate surface area is 116 Å². The van der Waals surface area contributed by atoms with E-state index in [1.807, 2.05) is 17.7 Å². The lowest BCUT2D eigenvalue weighted by Crippen LogP contribution is -2.20. The van der Waals surface area contributed by atoms with Crippen LogP contribution in [0.25, 0.3) is 0 Å². The van der Waals surface area contributed by atoms with Crippen molar-refractivity contribution in [2.45, 2.75) is 19.8 Å². The van der Waals surface area contributed by atoms with E-state index in [-0.39, 0.29) is 5.75 Å². The molecule has 18 heavy (non-hydrogen) atoms. The Kier molecular flexibility index (Phi) is 6.88. The largest absolute Gasteiger partial charge is 0.465 e. The van der Waals surface area contributed by atoms with E-state index in [2.05, 4.69) is 0 Å². The molecule has 0 aromatic carbocycles. The molecule has 0 radical (unpaired) electrons. The maximum Gasteiger partial charge on any atom is 0.321 e. The molecule has 0 fully saturated rings. The highest BCUT2D eigenvalue weighted by Crippen LogP contribution is 2.37. The smallest absolute Gasteiger partial charge is 0.321 e. The molecule has 1 aliphatic rings. The molecular weight excluding hydrogens is 292 g/mol. The minimum absolute atomic E-state index is 0.118. The number of carbonyl (C=O) groups excluding carboxylic acids is 1. The summed E-state index contributed by atoms with van der Waals surface area (Å²) in [6.07, 6.45) is 3.30. The lowest BCUT2D eigenvalue weighted by Gasteiger charge is -2.04. The molecule has 0 bridgehead atoms. The summed E-state index contributed by atoms with van der Waals surface area (Å²) >= 11 is 2.96. The molecule has 4 nitrogen and oxygen atoms in total. The van der Waals surface area contributed by atoms with Crippen molar-refractivity contribution in [2.24, 2.45) is 0 Å². The maximum absolute atomic E-state index is 11.6. The molecule has 1 heterocycles. The molecular formula is C11H16O4S3. The summed E-state index contributed by atoms with van der Waals surface area (Å²) in [6, 6.07) is 0. The van der Waals surface area contributed by atoms with Crippen LogP contribution in [0.5, 0.6) is 0 Å². The van der Waals surface area contributed by atoms with Gasteiger partial charge in [0.1, 0.15) is 5.75 Å². The van der Waals surface area contributed by atoms with E-state index in [4.69, 9.17) is 4.74 Å². The number of esters is 1. The summed E-state index contributed by atoms with van der Waals surface area (Å²) in [5, 5.41) is 3.78. The Morgan fingerprint density at radius 3 is 2.67 bits per heavy atom. The number of hydrogen-bond acceptors (Lipinski definition) is 6. The summed E-state index contributed by atoms with van der Waals surface area (Å²) in [6.45, 7) is 2.27. The number of unbranched alkanes of at least 4 members (excludes halogenated alkanes) is 1. The molecule has 0 N–H and O–H groups in total. The van der Waals surface area contributed by atoms with Gasteiger partial charge < -0.3 is 4.74 Å². The van der Waals surface area contributed by atoms with Gasteiger partial charge >= 0.3 is 5.97 Å². The fraction of sp³-hybridized carbons (Fsp3) is 0.545. The van der Waals surface area contributed by atoms with Crippen molar-refractivity contribution in [3.8, 4) is 0 Å². The molecule has 0 amide bonds. The first kappa shape index (κ1) is 15.7. The summed E-state index contributed by atoms with van der Waals surface area (Å²) in [5.41, 5.74) is 0. The molecule has 0 saturated carbocycles. The molecule has 0 aromatic rings. The SMILES string of the molecule is CCCCOC(=O)CS(=O)(=O)CC=C1SC=CS1. The molecule has 0 saturated heterocycles. The minimum Gasteiger partial charge on any atom is -0.465 e. The van der Waals surface area contributed by atoms with Crippen LogP contribution in [0.1, 0.15) is 19.8 Å². The van der Waals surface area contributed by atoms with Gasteiger partial charge in [-0.3, -0.25) is 4.79 Å². The van der Waals surface area contributed by atoms with Crippen LogP contribution in [-0.4, -0.2) is 32.5 Å².